The molecule has 3 N–H and O–H groups in total. The number of rotatable bonds is 4. The van der Waals surface area contributed by atoms with Crippen LogP contribution in [-0.2, 0) is 0 Å². The molecule has 0 aliphatic carbocycles. The Morgan fingerprint density at radius 1 is 1.11 bits per heavy atom. The SMILES string of the molecule is C[PH](O)(CCO)CCO. The van der Waals surface area contributed by atoms with Gasteiger partial charge < -0.3 is 0 Å². The van der Waals surface area contributed by atoms with Crippen molar-refractivity contribution in [1.82, 2.24) is 0 Å². The van der Waals surface area contributed by atoms with Crippen molar-refractivity contribution >= 4 is 7.49 Å². The Bertz CT molecular complexity index is 66.6. The molecule has 0 aliphatic heterocycles. The molecule has 0 spiro atoms. The van der Waals surface area contributed by atoms with Gasteiger partial charge in [0.25, 0.3) is 0 Å². The van der Waals surface area contributed by atoms with Gasteiger partial charge >= 0.3 is 54.8 Å². The van der Waals surface area contributed by atoms with Crippen LogP contribution in [0, 0.1) is 0 Å². The number of hydrogen-bond acceptors (Lipinski definition) is 3. The molecule has 0 saturated heterocycles. The zero-order valence-electron chi connectivity index (χ0n) is 5.67. The van der Waals surface area contributed by atoms with Gasteiger partial charge in [-0.05, 0) is 0 Å². The molecule has 0 saturated carbocycles. The van der Waals surface area contributed by atoms with E-state index < -0.39 is 7.49 Å². The van der Waals surface area contributed by atoms with E-state index in [2.05, 4.69) is 0 Å². The zero-order chi connectivity index (χ0) is 7.33. The molecular formula is C5H15O3P. The van der Waals surface area contributed by atoms with Crippen molar-refractivity contribution in [2.24, 2.45) is 0 Å². The van der Waals surface area contributed by atoms with Gasteiger partial charge in [-0.2, -0.15) is 0 Å². The van der Waals surface area contributed by atoms with Crippen molar-refractivity contribution in [2.45, 2.75) is 0 Å². The molecule has 0 unspecified atom stereocenters. The van der Waals surface area contributed by atoms with Crippen LogP contribution in [0.1, 0.15) is 0 Å². The van der Waals surface area contributed by atoms with Crippen LogP contribution in [0.3, 0.4) is 0 Å². The molecular weight excluding hydrogens is 139 g/mol. The van der Waals surface area contributed by atoms with Crippen LogP contribution in [-0.4, -0.2) is 47.3 Å². The first kappa shape index (κ1) is 9.31. The van der Waals surface area contributed by atoms with Crippen LogP contribution >= 0.6 is 7.49 Å². The van der Waals surface area contributed by atoms with Gasteiger partial charge in [-0.3, -0.25) is 0 Å². The summed E-state index contributed by atoms with van der Waals surface area (Å²) in [6.07, 6.45) is 0.932. The molecule has 0 fully saturated rings. The molecule has 3 nitrogen and oxygen atoms in total. The molecule has 0 heterocycles. The fourth-order valence-corrected chi connectivity index (χ4v) is 1.82. The van der Waals surface area contributed by atoms with Gasteiger partial charge in [0.15, 0.2) is 0 Å². The summed E-state index contributed by atoms with van der Waals surface area (Å²) in [5, 5.41) is 16.8. The van der Waals surface area contributed by atoms with Crippen LogP contribution in [0.2, 0.25) is 0 Å². The predicted molar refractivity (Wildman–Crippen MR) is 40.4 cm³/mol. The third kappa shape index (κ3) is 4.79. The van der Waals surface area contributed by atoms with E-state index in [-0.39, 0.29) is 13.2 Å². The summed E-state index contributed by atoms with van der Waals surface area (Å²) < 4.78 is 0. The van der Waals surface area contributed by atoms with Gasteiger partial charge in [0, 0.05) is 0 Å². The first-order valence-corrected chi connectivity index (χ1v) is 5.92. The first-order valence-electron chi connectivity index (χ1n) is 3.06. The van der Waals surface area contributed by atoms with E-state index in [1.54, 1.807) is 6.66 Å². The van der Waals surface area contributed by atoms with Crippen molar-refractivity contribution < 1.29 is 15.1 Å². The molecule has 0 aromatic heterocycles. The van der Waals surface area contributed by atoms with E-state index >= 15 is 0 Å². The van der Waals surface area contributed by atoms with Crippen LogP contribution in [0.5, 0.6) is 0 Å². The molecule has 0 aromatic carbocycles. The van der Waals surface area contributed by atoms with Crippen molar-refractivity contribution in [2.75, 3.05) is 32.2 Å². The molecule has 9 heavy (non-hydrogen) atoms. The Kier molecular flexibility index (Phi) is 4.32. The van der Waals surface area contributed by atoms with Crippen LogP contribution in [0.4, 0.5) is 0 Å². The minimum atomic E-state index is -2.20. The first-order chi connectivity index (χ1) is 4.12. The normalized spacial score (nSPS) is 13.8. The van der Waals surface area contributed by atoms with E-state index in [9.17, 15) is 4.89 Å². The molecule has 4 heteroatoms. The van der Waals surface area contributed by atoms with Crippen molar-refractivity contribution in [3.63, 3.8) is 0 Å². The summed E-state index contributed by atoms with van der Waals surface area (Å²) in [5.41, 5.74) is 0. The zero-order valence-corrected chi connectivity index (χ0v) is 6.67. The summed E-state index contributed by atoms with van der Waals surface area (Å²) in [6, 6.07) is 0. The van der Waals surface area contributed by atoms with Gasteiger partial charge in [0.05, 0.1) is 0 Å². The second-order valence-electron chi connectivity index (χ2n) is 2.44. The summed E-state index contributed by atoms with van der Waals surface area (Å²) in [5.74, 6) is 0. The summed E-state index contributed by atoms with van der Waals surface area (Å²) >= 11 is 0. The quantitative estimate of drug-likeness (QED) is 0.467. The van der Waals surface area contributed by atoms with E-state index in [0.29, 0.717) is 12.3 Å². The average molecular weight is 154 g/mol. The Morgan fingerprint density at radius 2 is 1.44 bits per heavy atom. The molecule has 0 atom stereocenters. The third-order valence-corrected chi connectivity index (χ3v) is 3.90. The maximum absolute atomic E-state index is 9.33. The molecule has 58 valence electrons. The maximum atomic E-state index is 9.33. The number of aliphatic hydroxyl groups excluding tert-OH is 2. The second-order valence-corrected chi connectivity index (χ2v) is 6.44. The van der Waals surface area contributed by atoms with Crippen molar-refractivity contribution in [3.8, 4) is 0 Å². The van der Waals surface area contributed by atoms with E-state index in [1.165, 1.54) is 0 Å². The standard InChI is InChI=1S/C5H15O3P/c1-9(8,4-2-6)5-3-7/h6-9H,2-5H2,1H3. The summed E-state index contributed by atoms with van der Waals surface area (Å²) in [7, 11) is -2.20. The van der Waals surface area contributed by atoms with E-state index in [0.717, 1.165) is 0 Å². The van der Waals surface area contributed by atoms with Crippen molar-refractivity contribution in [1.29, 1.82) is 0 Å². The average Bonchev–Trinajstić information content (AvgIpc) is 1.64. The summed E-state index contributed by atoms with van der Waals surface area (Å²) in [6.45, 7) is 1.79. The second kappa shape index (κ2) is 4.18. The molecule has 0 aliphatic rings. The Morgan fingerprint density at radius 3 is 1.67 bits per heavy atom. The Hall–Kier alpha value is 0.310. The fourth-order valence-electron chi connectivity index (χ4n) is 0.607. The van der Waals surface area contributed by atoms with Gasteiger partial charge in [-0.25, -0.2) is 0 Å². The third-order valence-electron chi connectivity index (χ3n) is 1.30. The van der Waals surface area contributed by atoms with Gasteiger partial charge in [0.1, 0.15) is 0 Å². The van der Waals surface area contributed by atoms with Crippen molar-refractivity contribution in [3.05, 3.63) is 0 Å². The van der Waals surface area contributed by atoms with Crippen LogP contribution < -0.4 is 0 Å². The molecule has 0 amide bonds. The Balaban J connectivity index is 3.43. The molecule has 0 radical (unpaired) electrons. The van der Waals surface area contributed by atoms with E-state index in [4.69, 9.17) is 10.2 Å². The summed E-state index contributed by atoms with van der Waals surface area (Å²) in [4.78, 5) is 9.33. The Labute approximate surface area is 55.8 Å². The monoisotopic (exact) mass is 154 g/mol. The topological polar surface area (TPSA) is 60.7 Å². The van der Waals surface area contributed by atoms with Gasteiger partial charge in [0.2, 0.25) is 0 Å². The van der Waals surface area contributed by atoms with Crippen LogP contribution in [0.15, 0.2) is 0 Å². The number of aliphatic hydroxyl groups is 2. The predicted octanol–water partition coefficient (Wildman–Crippen LogP) is -0.742. The van der Waals surface area contributed by atoms with Gasteiger partial charge in [-0.15, -0.1) is 0 Å². The van der Waals surface area contributed by atoms with Crippen LogP contribution in [0.25, 0.3) is 0 Å². The van der Waals surface area contributed by atoms with E-state index in [1.807, 2.05) is 0 Å². The fraction of sp³-hybridized carbons (Fsp3) is 1.00. The minimum absolute atomic E-state index is 0.0270. The molecule has 0 bridgehead atoms. The molecule has 0 rings (SSSR count). The van der Waals surface area contributed by atoms with Gasteiger partial charge in [-0.1, -0.05) is 0 Å². The molecule has 0 aromatic rings. The number of hydrogen-bond donors (Lipinski definition) is 3.